The summed E-state index contributed by atoms with van der Waals surface area (Å²) in [5.41, 5.74) is -0.0360. The molecule has 2 fully saturated rings. The van der Waals surface area contributed by atoms with E-state index in [1.807, 2.05) is 55.4 Å². The van der Waals surface area contributed by atoms with E-state index < -0.39 is 36.0 Å². The van der Waals surface area contributed by atoms with Gasteiger partial charge in [0.25, 0.3) is 0 Å². The number of rotatable bonds is 20. The second-order valence-corrected chi connectivity index (χ2v) is 13.6. The van der Waals surface area contributed by atoms with E-state index >= 15 is 0 Å². The molecule has 254 valence electrons. The summed E-state index contributed by atoms with van der Waals surface area (Å²) in [6.45, 7) is 18.6. The van der Waals surface area contributed by atoms with Crippen molar-refractivity contribution >= 4 is 23.9 Å². The second kappa shape index (κ2) is 18.1. The number of nitrogens with one attached hydrogen (secondary N) is 2. The summed E-state index contributed by atoms with van der Waals surface area (Å²) < 4.78 is 22.1. The van der Waals surface area contributed by atoms with Crippen molar-refractivity contribution < 1.29 is 38.1 Å². The number of carbonyl (C=O) groups is 4. The molecule has 0 amide bonds. The van der Waals surface area contributed by atoms with Gasteiger partial charge in [0, 0.05) is 6.54 Å². The Bertz CT molecular complexity index is 944. The van der Waals surface area contributed by atoms with Gasteiger partial charge in [-0.25, -0.2) is 0 Å². The summed E-state index contributed by atoms with van der Waals surface area (Å²) in [6, 6.07) is -1.51. The molecule has 44 heavy (non-hydrogen) atoms. The standard InChI is InChI=1S/C34H60N2O8/c1-10-21(5)41-30(37)16-28(32(39)43-23(7)12-3)35-19-26-15-27-14-25(26)18-34(27,9)20-36-29(33(40)44-24(8)13-4)17-31(38)42-22(6)11-2/h21-29,35-36H,10-20H2,1-9H3. The highest BCUT2D eigenvalue weighted by atomic mass is 16.6. The van der Waals surface area contributed by atoms with E-state index in [9.17, 15) is 19.2 Å². The van der Waals surface area contributed by atoms with Crippen molar-refractivity contribution in [2.45, 2.75) is 157 Å². The van der Waals surface area contributed by atoms with Gasteiger partial charge < -0.3 is 29.6 Å². The first-order valence-corrected chi connectivity index (χ1v) is 17.0. The highest BCUT2D eigenvalue weighted by Gasteiger charge is 2.52. The maximum Gasteiger partial charge on any atom is 0.324 e. The first-order chi connectivity index (χ1) is 20.7. The van der Waals surface area contributed by atoms with Crippen LogP contribution in [0.3, 0.4) is 0 Å². The fraction of sp³-hybridized carbons (Fsp3) is 0.882. The molecule has 10 unspecified atom stereocenters. The molecule has 0 aromatic rings. The monoisotopic (exact) mass is 624 g/mol. The Labute approximate surface area is 265 Å². The van der Waals surface area contributed by atoms with Crippen LogP contribution in [0.5, 0.6) is 0 Å². The maximum atomic E-state index is 13.0. The van der Waals surface area contributed by atoms with Crippen LogP contribution in [0.15, 0.2) is 0 Å². The van der Waals surface area contributed by atoms with Crippen molar-refractivity contribution in [3.05, 3.63) is 0 Å². The largest absolute Gasteiger partial charge is 0.463 e. The third kappa shape index (κ3) is 11.6. The molecule has 0 heterocycles. The van der Waals surface area contributed by atoms with Crippen LogP contribution < -0.4 is 10.6 Å². The quantitative estimate of drug-likeness (QED) is 0.139. The smallest absolute Gasteiger partial charge is 0.324 e. The Morgan fingerprint density at radius 2 is 1.11 bits per heavy atom. The van der Waals surface area contributed by atoms with Crippen molar-refractivity contribution in [2.75, 3.05) is 13.1 Å². The van der Waals surface area contributed by atoms with Gasteiger partial charge in [-0.3, -0.25) is 19.2 Å². The van der Waals surface area contributed by atoms with E-state index in [0.717, 1.165) is 19.3 Å². The molecule has 2 N–H and O–H groups in total. The van der Waals surface area contributed by atoms with E-state index in [1.54, 1.807) is 0 Å². The van der Waals surface area contributed by atoms with Crippen molar-refractivity contribution in [3.8, 4) is 0 Å². The Balaban J connectivity index is 2.00. The van der Waals surface area contributed by atoms with E-state index in [4.69, 9.17) is 18.9 Å². The lowest BCUT2D eigenvalue weighted by atomic mass is 9.71. The lowest BCUT2D eigenvalue weighted by Crippen LogP contribution is -2.48. The Morgan fingerprint density at radius 1 is 0.682 bits per heavy atom. The predicted molar refractivity (Wildman–Crippen MR) is 169 cm³/mol. The Hall–Kier alpha value is -2.20. The molecule has 10 heteroatoms. The fourth-order valence-electron chi connectivity index (χ4n) is 6.16. The third-order valence-corrected chi connectivity index (χ3v) is 9.84. The zero-order chi connectivity index (χ0) is 33.0. The number of hydrogen-bond acceptors (Lipinski definition) is 10. The summed E-state index contributed by atoms with van der Waals surface area (Å²) in [4.78, 5) is 51.1. The topological polar surface area (TPSA) is 129 Å². The third-order valence-electron chi connectivity index (χ3n) is 9.84. The number of fused-ring (bicyclic) bond motifs is 2. The minimum Gasteiger partial charge on any atom is -0.463 e. The minimum atomic E-state index is -0.763. The SMILES string of the molecule is CCC(C)OC(=O)CC(NCC1CC2CC1CC2(C)CNC(CC(=O)OC(C)CC)C(=O)OC(C)CC)C(=O)OC(C)CC. The average Bonchev–Trinajstić information content (AvgIpc) is 3.53. The summed E-state index contributed by atoms with van der Waals surface area (Å²) >= 11 is 0. The molecule has 0 aliphatic heterocycles. The Morgan fingerprint density at radius 3 is 1.52 bits per heavy atom. The van der Waals surface area contributed by atoms with Crippen LogP contribution in [0.1, 0.15) is 120 Å². The molecule has 0 aromatic carbocycles. The van der Waals surface area contributed by atoms with Crippen LogP contribution in [0.25, 0.3) is 0 Å². The van der Waals surface area contributed by atoms with Crippen LogP contribution in [-0.2, 0) is 38.1 Å². The number of carbonyl (C=O) groups excluding carboxylic acids is 4. The zero-order valence-electron chi connectivity index (χ0n) is 28.7. The summed E-state index contributed by atoms with van der Waals surface area (Å²) in [5.74, 6) is -0.384. The number of hydrogen-bond donors (Lipinski definition) is 2. The molecular formula is C34H60N2O8. The Kier molecular flexibility index (Phi) is 15.6. The molecule has 0 radical (unpaired) electrons. The van der Waals surface area contributed by atoms with Gasteiger partial charge in [0.1, 0.15) is 12.1 Å². The van der Waals surface area contributed by atoms with Crippen LogP contribution in [0, 0.1) is 23.2 Å². The van der Waals surface area contributed by atoms with E-state index in [0.29, 0.717) is 56.5 Å². The van der Waals surface area contributed by atoms with Crippen LogP contribution >= 0.6 is 0 Å². The molecule has 0 aromatic heterocycles. The number of esters is 4. The molecule has 2 aliphatic rings. The van der Waals surface area contributed by atoms with E-state index in [2.05, 4.69) is 17.6 Å². The molecule has 2 rings (SSSR count). The maximum absolute atomic E-state index is 13.0. The molecule has 2 bridgehead atoms. The molecular weight excluding hydrogens is 564 g/mol. The molecule has 2 saturated carbocycles. The van der Waals surface area contributed by atoms with Gasteiger partial charge in [0.2, 0.25) is 0 Å². The van der Waals surface area contributed by atoms with Crippen molar-refractivity contribution in [3.63, 3.8) is 0 Å². The second-order valence-electron chi connectivity index (χ2n) is 13.6. The molecule has 0 spiro atoms. The lowest BCUT2D eigenvalue weighted by Gasteiger charge is -2.38. The average molecular weight is 625 g/mol. The van der Waals surface area contributed by atoms with Gasteiger partial charge in [-0.15, -0.1) is 0 Å². The van der Waals surface area contributed by atoms with Crippen LogP contribution in [0.4, 0.5) is 0 Å². The predicted octanol–water partition coefficient (Wildman–Crippen LogP) is 5.10. The van der Waals surface area contributed by atoms with Gasteiger partial charge in [-0.2, -0.15) is 0 Å². The minimum absolute atomic E-state index is 0.0360. The van der Waals surface area contributed by atoms with Crippen molar-refractivity contribution in [1.82, 2.24) is 10.6 Å². The fourth-order valence-corrected chi connectivity index (χ4v) is 6.16. The van der Waals surface area contributed by atoms with Gasteiger partial charge in [-0.05, 0) is 102 Å². The van der Waals surface area contributed by atoms with E-state index in [1.165, 1.54) is 0 Å². The first-order valence-electron chi connectivity index (χ1n) is 17.0. The van der Waals surface area contributed by atoms with Crippen LogP contribution in [0.2, 0.25) is 0 Å². The molecule has 2 aliphatic carbocycles. The van der Waals surface area contributed by atoms with Crippen molar-refractivity contribution in [1.29, 1.82) is 0 Å². The van der Waals surface area contributed by atoms with Crippen molar-refractivity contribution in [2.24, 2.45) is 23.2 Å². The molecule has 10 nitrogen and oxygen atoms in total. The van der Waals surface area contributed by atoms with Gasteiger partial charge in [0.05, 0.1) is 37.3 Å². The zero-order valence-corrected chi connectivity index (χ0v) is 28.7. The van der Waals surface area contributed by atoms with Gasteiger partial charge in [-0.1, -0.05) is 34.6 Å². The highest BCUT2D eigenvalue weighted by Crippen LogP contribution is 2.58. The normalized spacial score (nSPS) is 26.6. The van der Waals surface area contributed by atoms with Crippen LogP contribution in [-0.4, -0.2) is 73.5 Å². The summed E-state index contributed by atoms with van der Waals surface area (Å²) in [6.07, 6.45) is 4.85. The highest BCUT2D eigenvalue weighted by molar-refractivity contribution is 5.83. The van der Waals surface area contributed by atoms with E-state index in [-0.39, 0.29) is 42.7 Å². The molecule has 10 atom stereocenters. The lowest BCUT2D eigenvalue weighted by molar-refractivity contribution is -0.158. The first kappa shape index (κ1) is 38.0. The van der Waals surface area contributed by atoms with Gasteiger partial charge >= 0.3 is 23.9 Å². The van der Waals surface area contributed by atoms with Gasteiger partial charge in [0.15, 0.2) is 0 Å². The number of ether oxygens (including phenoxy) is 4. The molecule has 0 saturated heterocycles. The summed E-state index contributed by atoms with van der Waals surface area (Å²) in [7, 11) is 0. The summed E-state index contributed by atoms with van der Waals surface area (Å²) in [5, 5.41) is 6.73.